The maximum Gasteiger partial charge on any atom is 0.173 e. The number of hydrogen-bond acceptors (Lipinski definition) is 3. The minimum atomic E-state index is -0.0446. The first-order valence-corrected chi connectivity index (χ1v) is 6.22. The van der Waals surface area contributed by atoms with Crippen molar-refractivity contribution in [3.05, 3.63) is 39.2 Å². The topological polar surface area (TPSA) is 43.1 Å². The van der Waals surface area contributed by atoms with Gasteiger partial charge in [0.25, 0.3) is 0 Å². The molecule has 0 spiro atoms. The second kappa shape index (κ2) is 5.62. The van der Waals surface area contributed by atoms with Gasteiger partial charge in [-0.15, -0.1) is 11.8 Å². The van der Waals surface area contributed by atoms with Gasteiger partial charge in [-0.3, -0.25) is 4.79 Å². The molecule has 0 fully saturated rings. The Balaban J connectivity index is 2.88. The van der Waals surface area contributed by atoms with Crippen LogP contribution in [0.1, 0.15) is 17.3 Å². The van der Waals surface area contributed by atoms with Crippen LogP contribution in [0.25, 0.3) is 0 Å². The highest BCUT2D eigenvalue weighted by Gasteiger charge is 2.11. The lowest BCUT2D eigenvalue weighted by molar-refractivity contribution is 0.102. The Kier molecular flexibility index (Phi) is 4.71. The second-order valence-corrected chi connectivity index (χ2v) is 5.36. The standard InChI is InChI=1S/C11H11Cl2NOS/c1-6(2)16-5-10(15)7-3-8(12)11(14)9(13)4-7/h3-4H,1,5,14H2,2H3. The second-order valence-electron chi connectivity index (χ2n) is 3.27. The minimum absolute atomic E-state index is 0.0446. The van der Waals surface area contributed by atoms with Gasteiger partial charge in [-0.25, -0.2) is 0 Å². The molecule has 0 amide bonds. The molecule has 5 heteroatoms. The highest BCUT2D eigenvalue weighted by Crippen LogP contribution is 2.29. The van der Waals surface area contributed by atoms with Crippen molar-refractivity contribution in [1.82, 2.24) is 0 Å². The SMILES string of the molecule is C=C(C)SCC(=O)c1cc(Cl)c(N)c(Cl)c1. The van der Waals surface area contributed by atoms with E-state index < -0.39 is 0 Å². The molecule has 16 heavy (non-hydrogen) atoms. The van der Waals surface area contributed by atoms with Crippen LogP contribution in [0, 0.1) is 0 Å². The molecule has 0 atom stereocenters. The van der Waals surface area contributed by atoms with Gasteiger partial charge in [0, 0.05) is 5.56 Å². The van der Waals surface area contributed by atoms with Gasteiger partial charge in [0.2, 0.25) is 0 Å². The molecule has 0 bridgehead atoms. The largest absolute Gasteiger partial charge is 0.396 e. The molecule has 2 nitrogen and oxygen atoms in total. The summed E-state index contributed by atoms with van der Waals surface area (Å²) >= 11 is 13.1. The molecule has 0 unspecified atom stereocenters. The summed E-state index contributed by atoms with van der Waals surface area (Å²) in [5, 5.41) is 0.604. The third-order valence-corrected chi connectivity index (χ3v) is 3.38. The van der Waals surface area contributed by atoms with E-state index >= 15 is 0 Å². The van der Waals surface area contributed by atoms with E-state index in [0.717, 1.165) is 4.91 Å². The van der Waals surface area contributed by atoms with E-state index in [1.165, 1.54) is 23.9 Å². The maximum atomic E-state index is 11.7. The lowest BCUT2D eigenvalue weighted by Crippen LogP contribution is -2.03. The van der Waals surface area contributed by atoms with Gasteiger partial charge in [0.1, 0.15) is 0 Å². The van der Waals surface area contributed by atoms with Crippen LogP contribution in [0.5, 0.6) is 0 Å². The Hall–Kier alpha value is -0.640. The summed E-state index contributed by atoms with van der Waals surface area (Å²) in [7, 11) is 0. The van der Waals surface area contributed by atoms with Gasteiger partial charge in [-0.05, 0) is 24.0 Å². The Morgan fingerprint density at radius 2 is 1.94 bits per heavy atom. The number of thioether (sulfide) groups is 1. The van der Waals surface area contributed by atoms with Crippen molar-refractivity contribution in [2.24, 2.45) is 0 Å². The number of carbonyl (C=O) groups excluding carboxylic acids is 1. The first-order chi connectivity index (χ1) is 7.41. The van der Waals surface area contributed by atoms with E-state index in [2.05, 4.69) is 6.58 Å². The molecule has 0 aliphatic rings. The summed E-state index contributed by atoms with van der Waals surface area (Å²) in [5.74, 6) is 0.281. The normalized spacial score (nSPS) is 10.2. The number of halogens is 2. The Labute approximate surface area is 109 Å². The lowest BCUT2D eigenvalue weighted by Gasteiger charge is -2.05. The van der Waals surface area contributed by atoms with Crippen LogP contribution in [0.3, 0.4) is 0 Å². The molecule has 0 aliphatic carbocycles. The van der Waals surface area contributed by atoms with Crippen LogP contribution in [-0.4, -0.2) is 11.5 Å². The highest BCUT2D eigenvalue weighted by molar-refractivity contribution is 8.03. The van der Waals surface area contributed by atoms with Crippen molar-refractivity contribution in [3.63, 3.8) is 0 Å². The summed E-state index contributed by atoms with van der Waals surface area (Å²) in [6.45, 7) is 5.56. The summed E-state index contributed by atoms with van der Waals surface area (Å²) in [6.07, 6.45) is 0. The van der Waals surface area contributed by atoms with E-state index in [1.54, 1.807) is 0 Å². The number of benzene rings is 1. The van der Waals surface area contributed by atoms with Crippen molar-refractivity contribution in [2.75, 3.05) is 11.5 Å². The first kappa shape index (κ1) is 13.4. The number of nitrogen functional groups attached to an aromatic ring is 1. The fourth-order valence-electron chi connectivity index (χ4n) is 1.02. The number of carbonyl (C=O) groups is 1. The molecule has 1 rings (SSSR count). The zero-order chi connectivity index (χ0) is 12.3. The van der Waals surface area contributed by atoms with E-state index in [4.69, 9.17) is 28.9 Å². The van der Waals surface area contributed by atoms with Gasteiger partial charge >= 0.3 is 0 Å². The minimum Gasteiger partial charge on any atom is -0.396 e. The molecular weight excluding hydrogens is 265 g/mol. The third kappa shape index (κ3) is 3.44. The summed E-state index contributed by atoms with van der Waals surface area (Å²) in [4.78, 5) is 12.6. The predicted octanol–water partition coefficient (Wildman–Crippen LogP) is 4.03. The van der Waals surface area contributed by atoms with Crippen molar-refractivity contribution < 1.29 is 4.79 Å². The summed E-state index contributed by atoms with van der Waals surface area (Å²) in [5.41, 5.74) is 6.35. The van der Waals surface area contributed by atoms with Crippen molar-refractivity contribution in [2.45, 2.75) is 6.92 Å². The molecule has 86 valence electrons. The molecule has 1 aromatic rings. The maximum absolute atomic E-state index is 11.7. The molecule has 0 saturated heterocycles. The van der Waals surface area contributed by atoms with Crippen LogP contribution in [0.2, 0.25) is 10.0 Å². The number of Topliss-reactive ketones (excluding diaryl/α,β-unsaturated/α-hetero) is 1. The number of nitrogens with two attached hydrogens (primary N) is 1. The lowest BCUT2D eigenvalue weighted by atomic mass is 10.1. The fraction of sp³-hybridized carbons (Fsp3) is 0.182. The molecule has 0 aliphatic heterocycles. The van der Waals surface area contributed by atoms with Crippen molar-refractivity contribution in [3.8, 4) is 0 Å². The average Bonchev–Trinajstić information content (AvgIpc) is 2.21. The third-order valence-electron chi connectivity index (χ3n) is 1.85. The fourth-order valence-corrected chi connectivity index (χ4v) is 2.05. The summed E-state index contributed by atoms with van der Waals surface area (Å²) in [6, 6.07) is 3.06. The smallest absolute Gasteiger partial charge is 0.173 e. The molecule has 0 aromatic heterocycles. The van der Waals surface area contributed by atoms with Crippen LogP contribution < -0.4 is 5.73 Å². The quantitative estimate of drug-likeness (QED) is 0.667. The number of anilines is 1. The van der Waals surface area contributed by atoms with Gasteiger partial charge in [-0.1, -0.05) is 29.8 Å². The van der Waals surface area contributed by atoms with Gasteiger partial charge in [-0.2, -0.15) is 0 Å². The number of rotatable bonds is 4. The number of allylic oxidation sites excluding steroid dienone is 1. The van der Waals surface area contributed by atoms with Crippen LogP contribution in [0.4, 0.5) is 5.69 Å². The molecule has 2 N–H and O–H groups in total. The predicted molar refractivity (Wildman–Crippen MR) is 72.5 cm³/mol. The van der Waals surface area contributed by atoms with Crippen LogP contribution >= 0.6 is 35.0 Å². The summed E-state index contributed by atoms with van der Waals surface area (Å²) < 4.78 is 0. The molecular formula is C11H11Cl2NOS. The zero-order valence-electron chi connectivity index (χ0n) is 8.72. The van der Waals surface area contributed by atoms with Crippen LogP contribution in [0.15, 0.2) is 23.6 Å². The molecule has 0 heterocycles. The molecule has 1 aromatic carbocycles. The molecule has 0 radical (unpaired) electrons. The van der Waals surface area contributed by atoms with Crippen molar-refractivity contribution in [1.29, 1.82) is 0 Å². The van der Waals surface area contributed by atoms with Gasteiger partial charge < -0.3 is 5.73 Å². The van der Waals surface area contributed by atoms with E-state index in [0.29, 0.717) is 27.0 Å². The van der Waals surface area contributed by atoms with E-state index in [9.17, 15) is 4.79 Å². The van der Waals surface area contributed by atoms with Crippen LogP contribution in [-0.2, 0) is 0 Å². The Morgan fingerprint density at radius 1 is 1.44 bits per heavy atom. The zero-order valence-corrected chi connectivity index (χ0v) is 11.0. The molecule has 0 saturated carbocycles. The van der Waals surface area contributed by atoms with Gasteiger partial charge in [0.05, 0.1) is 21.5 Å². The highest BCUT2D eigenvalue weighted by atomic mass is 35.5. The average molecular weight is 276 g/mol. The number of hydrogen-bond donors (Lipinski definition) is 1. The number of ketones is 1. The van der Waals surface area contributed by atoms with E-state index in [-0.39, 0.29) is 5.78 Å². The van der Waals surface area contributed by atoms with E-state index in [1.807, 2.05) is 6.92 Å². The Bertz CT molecular complexity index is 423. The first-order valence-electron chi connectivity index (χ1n) is 4.48. The monoisotopic (exact) mass is 275 g/mol. The Morgan fingerprint density at radius 3 is 2.38 bits per heavy atom. The van der Waals surface area contributed by atoms with Gasteiger partial charge in [0.15, 0.2) is 5.78 Å². The van der Waals surface area contributed by atoms with Crippen molar-refractivity contribution >= 4 is 46.4 Å².